The van der Waals surface area contributed by atoms with Crippen LogP contribution in [0.15, 0.2) is 23.1 Å². The van der Waals surface area contributed by atoms with Gasteiger partial charge in [-0.1, -0.05) is 13.8 Å². The molecule has 0 unspecified atom stereocenters. The molecular weight excluding hydrogens is 344 g/mol. The largest absolute Gasteiger partial charge is 0.481 e. The van der Waals surface area contributed by atoms with Crippen molar-refractivity contribution < 1.29 is 19.6 Å². The Labute approximate surface area is 151 Å². The van der Waals surface area contributed by atoms with Crippen LogP contribution < -0.4 is 0 Å². The average molecular weight is 368 g/mol. The summed E-state index contributed by atoms with van der Waals surface area (Å²) in [7, 11) is 0. The Kier molecular flexibility index (Phi) is 8.40. The fourth-order valence-electron chi connectivity index (χ4n) is 2.14. The fourth-order valence-corrected chi connectivity index (χ4v) is 3.39. The zero-order chi connectivity index (χ0) is 19.0. The van der Waals surface area contributed by atoms with Crippen LogP contribution in [0.25, 0.3) is 0 Å². The zero-order valence-corrected chi connectivity index (χ0v) is 15.5. The molecule has 138 valence electrons. The van der Waals surface area contributed by atoms with Gasteiger partial charge in [0.25, 0.3) is 11.6 Å². The number of aliphatic carboxylic acids is 1. The van der Waals surface area contributed by atoms with E-state index >= 15 is 0 Å². The summed E-state index contributed by atoms with van der Waals surface area (Å²) in [4.78, 5) is 35.9. The van der Waals surface area contributed by atoms with Crippen LogP contribution in [0.5, 0.6) is 0 Å². The van der Waals surface area contributed by atoms with Gasteiger partial charge in [0, 0.05) is 24.7 Å². The van der Waals surface area contributed by atoms with Crippen LogP contribution >= 0.6 is 11.8 Å². The van der Waals surface area contributed by atoms with E-state index in [0.717, 1.165) is 12.2 Å². The van der Waals surface area contributed by atoms with Gasteiger partial charge < -0.3 is 10.0 Å². The topological polar surface area (TPSA) is 101 Å². The van der Waals surface area contributed by atoms with Crippen molar-refractivity contribution >= 4 is 29.3 Å². The molecule has 0 fully saturated rings. The molecule has 0 aliphatic rings. The second-order valence-corrected chi connectivity index (χ2v) is 7.14. The lowest BCUT2D eigenvalue weighted by molar-refractivity contribution is -0.387. The Balaban J connectivity index is 2.96. The van der Waals surface area contributed by atoms with Gasteiger partial charge in [-0.15, -0.1) is 11.8 Å². The lowest BCUT2D eigenvalue weighted by Crippen LogP contribution is -2.32. The highest BCUT2D eigenvalue weighted by Crippen LogP contribution is 2.31. The van der Waals surface area contributed by atoms with Crippen molar-refractivity contribution in [1.29, 1.82) is 0 Å². The monoisotopic (exact) mass is 368 g/mol. The first-order chi connectivity index (χ1) is 11.8. The van der Waals surface area contributed by atoms with E-state index < -0.39 is 16.8 Å². The number of carboxylic acids is 1. The normalized spacial score (nSPS) is 10.7. The van der Waals surface area contributed by atoms with E-state index in [1.807, 2.05) is 0 Å². The number of hydrogen-bond acceptors (Lipinski definition) is 5. The predicted molar refractivity (Wildman–Crippen MR) is 97.1 cm³/mol. The van der Waals surface area contributed by atoms with Crippen molar-refractivity contribution in [3.63, 3.8) is 0 Å². The molecule has 0 bridgehead atoms. The molecule has 1 amide bonds. The average Bonchev–Trinajstić information content (AvgIpc) is 2.54. The standard InChI is InChI=1S/C17H24N2O5S/c1-4-18(9-7-16(20)21)17(22)13-5-6-15(14(11-13)19(23)24)25-10-8-12(2)3/h5-6,11-12H,4,7-10H2,1-3H3,(H,20,21). The number of amides is 1. The number of carbonyl (C=O) groups is 2. The zero-order valence-electron chi connectivity index (χ0n) is 14.7. The highest BCUT2D eigenvalue weighted by atomic mass is 32.2. The van der Waals surface area contributed by atoms with Crippen LogP contribution in [-0.4, -0.2) is 45.6 Å². The maximum absolute atomic E-state index is 12.5. The van der Waals surface area contributed by atoms with Crippen LogP contribution in [-0.2, 0) is 4.79 Å². The summed E-state index contributed by atoms with van der Waals surface area (Å²) >= 11 is 1.41. The molecule has 25 heavy (non-hydrogen) atoms. The van der Waals surface area contributed by atoms with Crippen LogP contribution in [0.1, 0.15) is 44.0 Å². The van der Waals surface area contributed by atoms with Crippen molar-refractivity contribution in [3.05, 3.63) is 33.9 Å². The van der Waals surface area contributed by atoms with E-state index in [9.17, 15) is 19.7 Å². The molecule has 0 aromatic heterocycles. The number of benzene rings is 1. The second kappa shape index (κ2) is 10.0. The van der Waals surface area contributed by atoms with Gasteiger partial charge in [0.15, 0.2) is 0 Å². The maximum atomic E-state index is 12.5. The minimum Gasteiger partial charge on any atom is -0.481 e. The first-order valence-corrected chi connectivity index (χ1v) is 9.17. The molecule has 0 aliphatic heterocycles. The molecule has 1 rings (SSSR count). The molecule has 1 aromatic rings. The van der Waals surface area contributed by atoms with Crippen LogP contribution in [0.3, 0.4) is 0 Å². The first kappa shape index (κ1) is 21.0. The van der Waals surface area contributed by atoms with Gasteiger partial charge in [-0.3, -0.25) is 19.7 Å². The number of carbonyl (C=O) groups excluding carboxylic acids is 1. The van der Waals surface area contributed by atoms with E-state index in [0.29, 0.717) is 17.4 Å². The smallest absolute Gasteiger partial charge is 0.305 e. The molecule has 0 heterocycles. The van der Waals surface area contributed by atoms with Crippen LogP contribution in [0.4, 0.5) is 5.69 Å². The van der Waals surface area contributed by atoms with Gasteiger partial charge in [-0.2, -0.15) is 0 Å². The highest BCUT2D eigenvalue weighted by Gasteiger charge is 2.21. The first-order valence-electron chi connectivity index (χ1n) is 8.18. The predicted octanol–water partition coefficient (Wildman–Crippen LogP) is 3.67. The molecule has 0 spiro atoms. The van der Waals surface area contributed by atoms with Gasteiger partial charge in [0.05, 0.1) is 16.2 Å². The summed E-state index contributed by atoms with van der Waals surface area (Å²) in [5, 5.41) is 20.1. The van der Waals surface area contributed by atoms with E-state index in [-0.39, 0.29) is 24.2 Å². The molecule has 0 aliphatic carbocycles. The summed E-state index contributed by atoms with van der Waals surface area (Å²) in [6.07, 6.45) is 0.784. The Morgan fingerprint density at radius 1 is 1.36 bits per heavy atom. The van der Waals surface area contributed by atoms with Gasteiger partial charge >= 0.3 is 5.97 Å². The Hall–Kier alpha value is -2.09. The molecule has 7 nitrogen and oxygen atoms in total. The number of nitro benzene ring substituents is 1. The summed E-state index contributed by atoms with van der Waals surface area (Å²) in [6, 6.07) is 4.45. The van der Waals surface area contributed by atoms with Crippen molar-refractivity contribution in [2.75, 3.05) is 18.8 Å². The lowest BCUT2D eigenvalue weighted by atomic mass is 10.1. The van der Waals surface area contributed by atoms with Crippen molar-refractivity contribution in [2.45, 2.75) is 38.5 Å². The van der Waals surface area contributed by atoms with Crippen molar-refractivity contribution in [2.24, 2.45) is 5.92 Å². The van der Waals surface area contributed by atoms with E-state index in [1.54, 1.807) is 19.1 Å². The second-order valence-electron chi connectivity index (χ2n) is 6.00. The molecule has 0 radical (unpaired) electrons. The quantitative estimate of drug-likeness (QED) is 0.384. The fraction of sp³-hybridized carbons (Fsp3) is 0.529. The molecule has 0 saturated carbocycles. The minimum absolute atomic E-state index is 0.0728. The third-order valence-corrected chi connectivity index (χ3v) is 4.72. The molecule has 1 aromatic carbocycles. The number of nitro groups is 1. The van der Waals surface area contributed by atoms with Gasteiger partial charge in [-0.25, -0.2) is 0 Å². The molecule has 0 saturated heterocycles. The Morgan fingerprint density at radius 2 is 2.04 bits per heavy atom. The molecule has 8 heteroatoms. The summed E-state index contributed by atoms with van der Waals surface area (Å²) in [5.74, 6) is -0.106. The number of rotatable bonds is 10. The summed E-state index contributed by atoms with van der Waals surface area (Å²) in [6.45, 7) is 6.33. The third-order valence-electron chi connectivity index (χ3n) is 3.62. The van der Waals surface area contributed by atoms with Gasteiger partial charge in [0.2, 0.25) is 0 Å². The SMILES string of the molecule is CCN(CCC(=O)O)C(=O)c1ccc(SCCC(C)C)c([N+](=O)[O-])c1. The van der Waals surface area contributed by atoms with E-state index in [4.69, 9.17) is 5.11 Å². The third kappa shape index (κ3) is 6.74. The van der Waals surface area contributed by atoms with E-state index in [2.05, 4.69) is 13.8 Å². The molecular formula is C17H24N2O5S. The number of carboxylic acid groups (broad SMARTS) is 1. The lowest BCUT2D eigenvalue weighted by Gasteiger charge is -2.20. The van der Waals surface area contributed by atoms with Crippen molar-refractivity contribution in [3.8, 4) is 0 Å². The number of hydrogen-bond donors (Lipinski definition) is 1. The van der Waals surface area contributed by atoms with E-state index in [1.165, 1.54) is 22.7 Å². The van der Waals surface area contributed by atoms with Gasteiger partial charge in [0.1, 0.15) is 0 Å². The Bertz CT molecular complexity index is 633. The number of thioether (sulfide) groups is 1. The molecule has 0 atom stereocenters. The highest BCUT2D eigenvalue weighted by molar-refractivity contribution is 7.99. The van der Waals surface area contributed by atoms with Crippen LogP contribution in [0.2, 0.25) is 0 Å². The minimum atomic E-state index is -0.992. The van der Waals surface area contributed by atoms with Gasteiger partial charge in [-0.05, 0) is 37.1 Å². The van der Waals surface area contributed by atoms with Crippen molar-refractivity contribution in [1.82, 2.24) is 4.90 Å². The summed E-state index contributed by atoms with van der Waals surface area (Å²) in [5.41, 5.74) is 0.112. The number of nitrogens with zero attached hydrogens (tertiary/aromatic N) is 2. The Morgan fingerprint density at radius 3 is 2.56 bits per heavy atom. The summed E-state index contributed by atoms with van der Waals surface area (Å²) < 4.78 is 0. The molecule has 1 N–H and O–H groups in total. The van der Waals surface area contributed by atoms with Crippen LogP contribution in [0, 0.1) is 16.0 Å². The maximum Gasteiger partial charge on any atom is 0.305 e.